The van der Waals surface area contributed by atoms with Crippen LogP contribution in [0.5, 0.6) is 5.75 Å². The van der Waals surface area contributed by atoms with Gasteiger partial charge in [-0.2, -0.15) is 0 Å². The Balaban J connectivity index is 2.29. The lowest BCUT2D eigenvalue weighted by Crippen LogP contribution is -2.31. The quantitative estimate of drug-likeness (QED) is 0.856. The monoisotopic (exact) mass is 285 g/mol. The lowest BCUT2D eigenvalue weighted by atomic mass is 10.1. The van der Waals surface area contributed by atoms with Crippen molar-refractivity contribution in [2.45, 2.75) is 13.5 Å². The largest absolute Gasteiger partial charge is 0.496 e. The molecular weight excluding hydrogens is 266 g/mol. The van der Waals surface area contributed by atoms with Gasteiger partial charge in [-0.3, -0.25) is 9.78 Å². The van der Waals surface area contributed by atoms with E-state index in [9.17, 15) is 4.79 Å². The van der Waals surface area contributed by atoms with Crippen LogP contribution in [0.25, 0.3) is 0 Å². The predicted molar refractivity (Wildman–Crippen MR) is 82.1 cm³/mol. The van der Waals surface area contributed by atoms with E-state index in [0.717, 1.165) is 5.56 Å². The van der Waals surface area contributed by atoms with Gasteiger partial charge in [0.25, 0.3) is 5.91 Å². The summed E-state index contributed by atoms with van der Waals surface area (Å²) >= 11 is 0. The van der Waals surface area contributed by atoms with Gasteiger partial charge in [-0.1, -0.05) is 6.07 Å². The maximum Gasteiger partial charge on any atom is 0.260 e. The molecule has 0 aliphatic heterocycles. The summed E-state index contributed by atoms with van der Waals surface area (Å²) in [5.41, 5.74) is 7.80. The Bertz CT molecular complexity index is 614. The summed E-state index contributed by atoms with van der Waals surface area (Å²) in [5, 5.41) is 0. The second-order valence-corrected chi connectivity index (χ2v) is 4.60. The van der Waals surface area contributed by atoms with Crippen LogP contribution in [0.2, 0.25) is 0 Å². The first kappa shape index (κ1) is 14.8. The van der Waals surface area contributed by atoms with Crippen molar-refractivity contribution in [1.82, 2.24) is 9.88 Å². The lowest BCUT2D eigenvalue weighted by molar-refractivity contribution is 0.0750. The Labute approximate surface area is 124 Å². The van der Waals surface area contributed by atoms with Gasteiger partial charge in [0.15, 0.2) is 0 Å². The van der Waals surface area contributed by atoms with E-state index in [1.54, 1.807) is 35.5 Å². The molecule has 0 atom stereocenters. The van der Waals surface area contributed by atoms with Gasteiger partial charge in [-0.05, 0) is 36.8 Å². The fraction of sp³-hybridized carbons (Fsp3) is 0.250. The molecule has 0 aliphatic rings. The van der Waals surface area contributed by atoms with E-state index in [2.05, 4.69) is 4.98 Å². The highest BCUT2D eigenvalue weighted by molar-refractivity contribution is 6.01. The molecule has 0 spiro atoms. The van der Waals surface area contributed by atoms with Crippen molar-refractivity contribution in [2.75, 3.05) is 19.4 Å². The van der Waals surface area contributed by atoms with Crippen LogP contribution in [-0.4, -0.2) is 29.4 Å². The number of benzene rings is 1. The molecule has 1 heterocycles. The van der Waals surface area contributed by atoms with E-state index < -0.39 is 0 Å². The van der Waals surface area contributed by atoms with Crippen molar-refractivity contribution in [2.24, 2.45) is 0 Å². The number of hydrogen-bond donors (Lipinski definition) is 1. The Morgan fingerprint density at radius 3 is 2.62 bits per heavy atom. The SMILES string of the molecule is CCN(Cc1ccncc1)C(=O)c1c(N)cccc1OC. The minimum Gasteiger partial charge on any atom is -0.496 e. The molecular formula is C16H19N3O2. The number of ether oxygens (including phenoxy) is 1. The highest BCUT2D eigenvalue weighted by Crippen LogP contribution is 2.26. The number of nitrogens with zero attached hydrogens (tertiary/aromatic N) is 2. The lowest BCUT2D eigenvalue weighted by Gasteiger charge is -2.23. The molecule has 2 N–H and O–H groups in total. The number of methoxy groups -OCH3 is 1. The summed E-state index contributed by atoms with van der Waals surface area (Å²) in [6.07, 6.45) is 3.43. The molecule has 1 aromatic heterocycles. The number of carbonyl (C=O) groups excluding carboxylic acids is 1. The molecule has 0 saturated heterocycles. The van der Waals surface area contributed by atoms with E-state index in [1.807, 2.05) is 19.1 Å². The van der Waals surface area contributed by atoms with Crippen molar-refractivity contribution in [3.8, 4) is 5.75 Å². The topological polar surface area (TPSA) is 68.5 Å². The van der Waals surface area contributed by atoms with Crippen LogP contribution in [0.3, 0.4) is 0 Å². The van der Waals surface area contributed by atoms with Crippen molar-refractivity contribution in [3.05, 3.63) is 53.9 Å². The highest BCUT2D eigenvalue weighted by atomic mass is 16.5. The normalized spacial score (nSPS) is 10.2. The number of pyridine rings is 1. The third kappa shape index (κ3) is 3.31. The van der Waals surface area contributed by atoms with E-state index in [0.29, 0.717) is 30.1 Å². The average molecular weight is 285 g/mol. The maximum atomic E-state index is 12.7. The van der Waals surface area contributed by atoms with Crippen LogP contribution < -0.4 is 10.5 Å². The first-order valence-corrected chi connectivity index (χ1v) is 6.78. The number of anilines is 1. The number of nitrogens with two attached hydrogens (primary N) is 1. The predicted octanol–water partition coefficient (Wildman–Crippen LogP) is 2.33. The third-order valence-corrected chi connectivity index (χ3v) is 3.28. The number of carbonyl (C=O) groups is 1. The van der Waals surface area contributed by atoms with Crippen LogP contribution >= 0.6 is 0 Å². The molecule has 1 amide bonds. The van der Waals surface area contributed by atoms with Gasteiger partial charge in [0.05, 0.1) is 7.11 Å². The molecule has 0 bridgehead atoms. The van der Waals surface area contributed by atoms with E-state index >= 15 is 0 Å². The summed E-state index contributed by atoms with van der Waals surface area (Å²) in [4.78, 5) is 18.4. The molecule has 0 aliphatic carbocycles. The summed E-state index contributed by atoms with van der Waals surface area (Å²) in [7, 11) is 1.53. The molecule has 0 saturated carbocycles. The van der Waals surface area contributed by atoms with Crippen LogP contribution in [-0.2, 0) is 6.54 Å². The van der Waals surface area contributed by atoms with Crippen LogP contribution in [0.1, 0.15) is 22.8 Å². The molecule has 21 heavy (non-hydrogen) atoms. The molecule has 2 aromatic rings. The molecule has 0 fully saturated rings. The van der Waals surface area contributed by atoms with Gasteiger partial charge in [0, 0.05) is 31.2 Å². The van der Waals surface area contributed by atoms with E-state index in [-0.39, 0.29) is 5.91 Å². The Morgan fingerprint density at radius 2 is 2.00 bits per heavy atom. The van der Waals surface area contributed by atoms with Gasteiger partial charge in [-0.15, -0.1) is 0 Å². The van der Waals surface area contributed by atoms with Crippen molar-refractivity contribution < 1.29 is 9.53 Å². The van der Waals surface area contributed by atoms with Crippen LogP contribution in [0.4, 0.5) is 5.69 Å². The van der Waals surface area contributed by atoms with Crippen molar-refractivity contribution in [1.29, 1.82) is 0 Å². The minimum absolute atomic E-state index is 0.135. The standard InChI is InChI=1S/C16H19N3O2/c1-3-19(11-12-7-9-18-10-8-12)16(20)15-13(17)5-4-6-14(15)21-2/h4-10H,3,11,17H2,1-2H3. The average Bonchev–Trinajstić information content (AvgIpc) is 2.52. The van der Waals surface area contributed by atoms with Crippen molar-refractivity contribution in [3.63, 3.8) is 0 Å². The first-order chi connectivity index (χ1) is 10.2. The first-order valence-electron chi connectivity index (χ1n) is 6.78. The van der Waals surface area contributed by atoms with Gasteiger partial charge in [0.1, 0.15) is 11.3 Å². The second kappa shape index (κ2) is 6.74. The number of amides is 1. The molecule has 5 nitrogen and oxygen atoms in total. The smallest absolute Gasteiger partial charge is 0.260 e. The summed E-state index contributed by atoms with van der Waals surface area (Å²) in [6.45, 7) is 3.03. The Hall–Kier alpha value is -2.56. The number of nitrogen functional groups attached to an aromatic ring is 1. The number of aromatic nitrogens is 1. The zero-order chi connectivity index (χ0) is 15.2. The molecule has 1 aromatic carbocycles. The molecule has 110 valence electrons. The molecule has 0 radical (unpaired) electrons. The fourth-order valence-electron chi connectivity index (χ4n) is 2.14. The number of rotatable bonds is 5. The van der Waals surface area contributed by atoms with Gasteiger partial charge >= 0.3 is 0 Å². The van der Waals surface area contributed by atoms with E-state index in [1.165, 1.54) is 7.11 Å². The van der Waals surface area contributed by atoms with Crippen LogP contribution in [0.15, 0.2) is 42.7 Å². The van der Waals surface area contributed by atoms with Gasteiger partial charge in [-0.25, -0.2) is 0 Å². The van der Waals surface area contributed by atoms with Crippen molar-refractivity contribution >= 4 is 11.6 Å². The third-order valence-electron chi connectivity index (χ3n) is 3.28. The summed E-state index contributed by atoms with van der Waals surface area (Å²) in [6, 6.07) is 8.99. The number of hydrogen-bond acceptors (Lipinski definition) is 4. The van der Waals surface area contributed by atoms with Crippen LogP contribution in [0, 0.1) is 0 Å². The summed E-state index contributed by atoms with van der Waals surface area (Å²) in [5.74, 6) is 0.359. The zero-order valence-electron chi connectivity index (χ0n) is 12.2. The second-order valence-electron chi connectivity index (χ2n) is 4.60. The molecule has 2 rings (SSSR count). The summed E-state index contributed by atoms with van der Waals surface area (Å²) < 4.78 is 5.25. The fourth-order valence-corrected chi connectivity index (χ4v) is 2.14. The van der Waals surface area contributed by atoms with Gasteiger partial charge < -0.3 is 15.4 Å². The zero-order valence-corrected chi connectivity index (χ0v) is 12.2. The molecule has 0 unspecified atom stereocenters. The molecule has 5 heteroatoms. The minimum atomic E-state index is -0.135. The van der Waals surface area contributed by atoms with Gasteiger partial charge in [0.2, 0.25) is 0 Å². The maximum absolute atomic E-state index is 12.7. The van der Waals surface area contributed by atoms with E-state index in [4.69, 9.17) is 10.5 Å². The highest BCUT2D eigenvalue weighted by Gasteiger charge is 2.21. The Morgan fingerprint density at radius 1 is 1.29 bits per heavy atom. The Kier molecular flexibility index (Phi) is 4.77.